The van der Waals surface area contributed by atoms with E-state index in [-0.39, 0.29) is 0 Å². The standard InChI is InChI=1S/C15H23NOS/c1-10-8-14(11(2)18-10)15-12(4-3-7-17-15)9-16-13-5-6-13/h8,12-13,15-16H,3-7,9H2,1-2H3. The predicted molar refractivity (Wildman–Crippen MR) is 76.2 cm³/mol. The molecule has 100 valence electrons. The fraction of sp³-hybridized carbons (Fsp3) is 0.733. The summed E-state index contributed by atoms with van der Waals surface area (Å²) in [5.74, 6) is 0.659. The molecule has 3 heteroatoms. The van der Waals surface area contributed by atoms with Crippen molar-refractivity contribution in [3.8, 4) is 0 Å². The van der Waals surface area contributed by atoms with Crippen molar-refractivity contribution in [1.29, 1.82) is 0 Å². The maximum Gasteiger partial charge on any atom is 0.0875 e. The molecular weight excluding hydrogens is 242 g/mol. The van der Waals surface area contributed by atoms with Crippen molar-refractivity contribution in [3.63, 3.8) is 0 Å². The van der Waals surface area contributed by atoms with Gasteiger partial charge in [0.25, 0.3) is 0 Å². The Morgan fingerprint density at radius 1 is 1.33 bits per heavy atom. The highest BCUT2D eigenvalue weighted by atomic mass is 32.1. The van der Waals surface area contributed by atoms with Crippen molar-refractivity contribution >= 4 is 11.3 Å². The largest absolute Gasteiger partial charge is 0.373 e. The summed E-state index contributed by atoms with van der Waals surface area (Å²) in [6.45, 7) is 6.49. The molecule has 3 rings (SSSR count). The van der Waals surface area contributed by atoms with E-state index in [1.165, 1.54) is 41.0 Å². The predicted octanol–water partition coefficient (Wildman–Crippen LogP) is 3.58. The lowest BCUT2D eigenvalue weighted by molar-refractivity contribution is -0.0279. The molecular formula is C15H23NOS. The van der Waals surface area contributed by atoms with E-state index in [0.717, 1.165) is 19.2 Å². The van der Waals surface area contributed by atoms with Crippen molar-refractivity contribution in [1.82, 2.24) is 5.32 Å². The number of hydrogen-bond acceptors (Lipinski definition) is 3. The van der Waals surface area contributed by atoms with Crippen LogP contribution in [0.1, 0.15) is 47.1 Å². The van der Waals surface area contributed by atoms with Crippen LogP contribution < -0.4 is 5.32 Å². The van der Waals surface area contributed by atoms with E-state index in [2.05, 4.69) is 25.2 Å². The third-order valence-electron chi connectivity index (χ3n) is 4.08. The second-order valence-electron chi connectivity index (χ2n) is 5.74. The van der Waals surface area contributed by atoms with Crippen molar-refractivity contribution in [2.45, 2.75) is 51.7 Å². The maximum absolute atomic E-state index is 6.09. The van der Waals surface area contributed by atoms with E-state index in [0.29, 0.717) is 12.0 Å². The molecule has 2 fully saturated rings. The van der Waals surface area contributed by atoms with Gasteiger partial charge >= 0.3 is 0 Å². The Morgan fingerprint density at radius 2 is 2.17 bits per heavy atom. The average Bonchev–Trinajstić information content (AvgIpc) is 3.12. The van der Waals surface area contributed by atoms with Crippen LogP contribution in [-0.2, 0) is 4.74 Å². The minimum absolute atomic E-state index is 0.329. The van der Waals surface area contributed by atoms with Crippen molar-refractivity contribution in [2.75, 3.05) is 13.2 Å². The number of nitrogens with one attached hydrogen (secondary N) is 1. The number of aryl methyl sites for hydroxylation is 2. The Kier molecular flexibility index (Phi) is 3.73. The van der Waals surface area contributed by atoms with Gasteiger partial charge in [-0.05, 0) is 51.2 Å². The second-order valence-corrected chi connectivity index (χ2v) is 7.21. The fourth-order valence-electron chi connectivity index (χ4n) is 2.93. The lowest BCUT2D eigenvalue weighted by atomic mass is 9.89. The number of ether oxygens (including phenoxy) is 1. The summed E-state index contributed by atoms with van der Waals surface area (Å²) in [7, 11) is 0. The molecule has 1 aliphatic carbocycles. The molecule has 1 N–H and O–H groups in total. The highest BCUT2D eigenvalue weighted by Gasteiger charge is 2.31. The SMILES string of the molecule is Cc1cc(C2OCCCC2CNC2CC2)c(C)s1. The summed E-state index contributed by atoms with van der Waals surface area (Å²) in [5.41, 5.74) is 1.44. The molecule has 2 heterocycles. The third kappa shape index (κ3) is 2.79. The van der Waals surface area contributed by atoms with Gasteiger partial charge in [-0.15, -0.1) is 11.3 Å². The van der Waals surface area contributed by atoms with Crippen molar-refractivity contribution < 1.29 is 4.74 Å². The Hall–Kier alpha value is -0.380. The molecule has 0 spiro atoms. The Bertz CT molecular complexity index is 411. The van der Waals surface area contributed by atoms with Crippen LogP contribution in [0.25, 0.3) is 0 Å². The van der Waals surface area contributed by atoms with Gasteiger partial charge in [0, 0.05) is 34.9 Å². The van der Waals surface area contributed by atoms with Crippen LogP contribution in [0.15, 0.2) is 6.07 Å². The summed E-state index contributed by atoms with van der Waals surface area (Å²) < 4.78 is 6.09. The molecule has 2 unspecified atom stereocenters. The normalized spacial score (nSPS) is 28.6. The first-order valence-corrected chi connectivity index (χ1v) is 7.97. The minimum atomic E-state index is 0.329. The van der Waals surface area contributed by atoms with Gasteiger partial charge in [-0.25, -0.2) is 0 Å². The summed E-state index contributed by atoms with van der Waals surface area (Å²) in [6, 6.07) is 3.14. The zero-order valence-corrected chi connectivity index (χ0v) is 12.2. The number of thiophene rings is 1. The molecule has 2 atom stereocenters. The van der Waals surface area contributed by atoms with Crippen LogP contribution in [-0.4, -0.2) is 19.2 Å². The molecule has 0 radical (unpaired) electrons. The van der Waals surface area contributed by atoms with Gasteiger partial charge in [0.05, 0.1) is 6.10 Å². The third-order valence-corrected chi connectivity index (χ3v) is 5.06. The summed E-state index contributed by atoms with van der Waals surface area (Å²) >= 11 is 1.90. The van der Waals surface area contributed by atoms with E-state index >= 15 is 0 Å². The average molecular weight is 265 g/mol. The summed E-state index contributed by atoms with van der Waals surface area (Å²) in [4.78, 5) is 2.85. The number of rotatable bonds is 4. The van der Waals surface area contributed by atoms with Crippen molar-refractivity contribution in [3.05, 3.63) is 21.4 Å². The first kappa shape index (κ1) is 12.6. The van der Waals surface area contributed by atoms with E-state index < -0.39 is 0 Å². The topological polar surface area (TPSA) is 21.3 Å². The molecule has 2 nitrogen and oxygen atoms in total. The molecule has 0 amide bonds. The van der Waals surface area contributed by atoms with Gasteiger partial charge in [-0.1, -0.05) is 0 Å². The highest BCUT2D eigenvalue weighted by Crippen LogP contribution is 2.38. The molecule has 1 aromatic rings. The first-order valence-electron chi connectivity index (χ1n) is 7.16. The van der Waals surface area contributed by atoms with Gasteiger partial charge in [0.15, 0.2) is 0 Å². The molecule has 1 saturated heterocycles. The molecule has 1 saturated carbocycles. The van der Waals surface area contributed by atoms with Gasteiger partial charge < -0.3 is 10.1 Å². The lowest BCUT2D eigenvalue weighted by Crippen LogP contribution is -2.33. The van der Waals surface area contributed by atoms with Gasteiger partial charge in [0.1, 0.15) is 0 Å². The molecule has 0 bridgehead atoms. The molecule has 18 heavy (non-hydrogen) atoms. The van der Waals surface area contributed by atoms with E-state index in [4.69, 9.17) is 4.74 Å². The van der Waals surface area contributed by atoms with Gasteiger partial charge in [0.2, 0.25) is 0 Å². The van der Waals surface area contributed by atoms with Crippen LogP contribution in [0.4, 0.5) is 0 Å². The lowest BCUT2D eigenvalue weighted by Gasteiger charge is -2.32. The smallest absolute Gasteiger partial charge is 0.0875 e. The van der Waals surface area contributed by atoms with Crippen LogP contribution in [0.3, 0.4) is 0 Å². The van der Waals surface area contributed by atoms with Crippen LogP contribution in [0, 0.1) is 19.8 Å². The van der Waals surface area contributed by atoms with Crippen LogP contribution >= 0.6 is 11.3 Å². The molecule has 0 aromatic carbocycles. The zero-order valence-electron chi connectivity index (χ0n) is 11.4. The minimum Gasteiger partial charge on any atom is -0.373 e. The van der Waals surface area contributed by atoms with Crippen molar-refractivity contribution in [2.24, 2.45) is 5.92 Å². The van der Waals surface area contributed by atoms with Gasteiger partial charge in [-0.3, -0.25) is 0 Å². The van der Waals surface area contributed by atoms with E-state index in [9.17, 15) is 0 Å². The molecule has 2 aliphatic rings. The summed E-state index contributed by atoms with van der Waals surface area (Å²) in [5, 5.41) is 3.68. The highest BCUT2D eigenvalue weighted by molar-refractivity contribution is 7.12. The van der Waals surface area contributed by atoms with Crippen LogP contribution in [0.5, 0.6) is 0 Å². The number of hydrogen-bond donors (Lipinski definition) is 1. The monoisotopic (exact) mass is 265 g/mol. The summed E-state index contributed by atoms with van der Waals surface area (Å²) in [6.07, 6.45) is 5.59. The quantitative estimate of drug-likeness (QED) is 0.898. The Balaban J connectivity index is 1.71. The fourth-order valence-corrected chi connectivity index (χ4v) is 3.90. The Morgan fingerprint density at radius 3 is 2.83 bits per heavy atom. The van der Waals surface area contributed by atoms with E-state index in [1.54, 1.807) is 0 Å². The second kappa shape index (κ2) is 5.32. The molecule has 1 aliphatic heterocycles. The van der Waals surface area contributed by atoms with Crippen LogP contribution in [0.2, 0.25) is 0 Å². The first-order chi connectivity index (χ1) is 8.74. The van der Waals surface area contributed by atoms with Gasteiger partial charge in [-0.2, -0.15) is 0 Å². The van der Waals surface area contributed by atoms with E-state index in [1.807, 2.05) is 11.3 Å². The molecule has 1 aromatic heterocycles. The zero-order chi connectivity index (χ0) is 12.5. The maximum atomic E-state index is 6.09. The Labute approximate surface area is 114 Å².